The van der Waals surface area contributed by atoms with Gasteiger partial charge in [0.2, 0.25) is 5.79 Å². The molecule has 1 aromatic rings. The lowest BCUT2D eigenvalue weighted by Crippen LogP contribution is -2.64. The van der Waals surface area contributed by atoms with Crippen LogP contribution in [0.1, 0.15) is 109 Å². The summed E-state index contributed by atoms with van der Waals surface area (Å²) < 4.78 is 37.8. The number of aromatic carboxylic acids is 1. The lowest BCUT2D eigenvalue weighted by Gasteiger charge is -2.54. The van der Waals surface area contributed by atoms with Crippen LogP contribution < -0.4 is 0 Å². The standard InChI is InChI=1S/C43H63ClO14/c1-12-54-40(52)37-28(45)18-30(55-37)41(10)38(53-11)26(9)43(57-41)29(46)13-14-42(58-43)23(6)16-22(5)36(56-42)25(8)35(49)24(7)33(47)20(3)15-19(2)31-27(44)17-21(4)34(48)32(31)39(50)51/h13-14,17,19-20,22-26,28-30,33,36-38,45-48H,12,15-16,18H2,1-11H3,(H,50,51)/t19-,20+,22-,23+,24-,25-,26+,28+,29+,30+,33-,36-,37-,38+,41-,42-,43-/m0/s1. The third-order valence-corrected chi connectivity index (χ3v) is 13.8. The van der Waals surface area contributed by atoms with E-state index < -0.39 is 101 Å². The molecule has 0 radical (unpaired) electrons. The monoisotopic (exact) mass is 838 g/mol. The first-order valence-corrected chi connectivity index (χ1v) is 20.8. The number of rotatable bonds is 13. The maximum absolute atomic E-state index is 14.3. The topological polar surface area (TPSA) is 208 Å². The molecule has 0 aliphatic carbocycles. The van der Waals surface area contributed by atoms with Crippen LogP contribution in [0.5, 0.6) is 5.75 Å². The number of aliphatic hydroxyl groups is 3. The molecule has 2 spiro atoms. The summed E-state index contributed by atoms with van der Waals surface area (Å²) in [5.74, 6) is -9.24. The number of hydrogen-bond donors (Lipinski definition) is 5. The minimum atomic E-state index is -1.72. The molecule has 4 aliphatic heterocycles. The number of aromatic hydroxyl groups is 1. The molecular weight excluding hydrogens is 776 g/mol. The molecule has 3 fully saturated rings. The van der Waals surface area contributed by atoms with Gasteiger partial charge in [-0.1, -0.05) is 60.1 Å². The van der Waals surface area contributed by atoms with E-state index in [0.29, 0.717) is 12.0 Å². The Bertz CT molecular complexity index is 1740. The van der Waals surface area contributed by atoms with Crippen molar-refractivity contribution in [1.82, 2.24) is 0 Å². The van der Waals surface area contributed by atoms with E-state index in [9.17, 15) is 39.9 Å². The molecule has 0 bridgehead atoms. The SMILES string of the molecule is CCOC(=O)[C@H]1O[C@@H]([C@]2(C)O[C@]3(O[C@]4(C=C[C@H]3O)O[C@H]([C@@H](C)C(=O)[C@@H](C)[C@@H](O)[C@H](C)C[C@H](C)c3c(Cl)cc(C)c(O)c3C(=O)O)[C@@H](C)C[C@H]4C)[C@H](C)[C@H]2OC)C[C@H]1O. The fraction of sp³-hybridized carbons (Fsp3) is 0.744. The van der Waals surface area contributed by atoms with Crippen LogP contribution in [0.4, 0.5) is 0 Å². The number of ketones is 1. The number of halogens is 1. The maximum Gasteiger partial charge on any atom is 0.339 e. The first-order chi connectivity index (χ1) is 27.0. The maximum atomic E-state index is 14.3. The number of carboxylic acid groups (broad SMARTS) is 1. The lowest BCUT2D eigenvalue weighted by atomic mass is 9.74. The number of esters is 1. The molecular formula is C43H63ClO14. The number of aryl methyl sites for hydroxylation is 1. The highest BCUT2D eigenvalue weighted by atomic mass is 35.5. The van der Waals surface area contributed by atoms with Crippen LogP contribution in [0.25, 0.3) is 0 Å². The van der Waals surface area contributed by atoms with Crippen molar-refractivity contribution in [3.8, 4) is 5.75 Å². The van der Waals surface area contributed by atoms with Gasteiger partial charge in [-0.3, -0.25) is 4.79 Å². The molecule has 1 aromatic carbocycles. The number of carboxylic acids is 1. The van der Waals surface area contributed by atoms with Crippen molar-refractivity contribution in [3.63, 3.8) is 0 Å². The van der Waals surface area contributed by atoms with Gasteiger partial charge in [-0.2, -0.15) is 0 Å². The summed E-state index contributed by atoms with van der Waals surface area (Å²) in [6.07, 6.45) is -2.84. The normalized spacial score (nSPS) is 38.7. The van der Waals surface area contributed by atoms with Crippen molar-refractivity contribution in [2.24, 2.45) is 35.5 Å². The highest BCUT2D eigenvalue weighted by Crippen LogP contribution is 2.56. The average Bonchev–Trinajstić information content (AvgIpc) is 3.66. The Hall–Kier alpha value is -2.66. The molecule has 58 heavy (non-hydrogen) atoms. The van der Waals surface area contributed by atoms with Crippen molar-refractivity contribution in [1.29, 1.82) is 0 Å². The van der Waals surface area contributed by atoms with Crippen molar-refractivity contribution in [2.75, 3.05) is 13.7 Å². The highest BCUT2D eigenvalue weighted by molar-refractivity contribution is 6.32. The van der Waals surface area contributed by atoms with Gasteiger partial charge < -0.3 is 54.0 Å². The summed E-state index contributed by atoms with van der Waals surface area (Å²) in [4.78, 5) is 39.0. The highest BCUT2D eigenvalue weighted by Gasteiger charge is 2.70. The molecule has 14 nitrogen and oxygen atoms in total. The van der Waals surface area contributed by atoms with E-state index in [1.807, 2.05) is 20.8 Å². The van der Waals surface area contributed by atoms with Crippen LogP contribution in [-0.2, 0) is 38.0 Å². The number of phenols is 1. The Morgan fingerprint density at radius 2 is 1.72 bits per heavy atom. The second-order valence-electron chi connectivity index (χ2n) is 17.6. The number of ether oxygens (including phenoxy) is 6. The van der Waals surface area contributed by atoms with Gasteiger partial charge in [-0.15, -0.1) is 0 Å². The first-order valence-electron chi connectivity index (χ1n) is 20.5. The predicted octanol–water partition coefficient (Wildman–Crippen LogP) is 5.31. The van der Waals surface area contributed by atoms with Gasteiger partial charge in [0.05, 0.1) is 37.1 Å². The number of hydrogen-bond acceptors (Lipinski definition) is 13. The second kappa shape index (κ2) is 17.4. The minimum Gasteiger partial charge on any atom is -0.507 e. The Morgan fingerprint density at radius 1 is 1.07 bits per heavy atom. The van der Waals surface area contributed by atoms with E-state index in [1.54, 1.807) is 60.6 Å². The van der Waals surface area contributed by atoms with Crippen LogP contribution >= 0.6 is 11.6 Å². The average molecular weight is 839 g/mol. The molecule has 0 saturated carbocycles. The third-order valence-electron chi connectivity index (χ3n) is 13.5. The summed E-state index contributed by atoms with van der Waals surface area (Å²) in [7, 11) is 1.51. The van der Waals surface area contributed by atoms with Gasteiger partial charge in [-0.25, -0.2) is 9.59 Å². The molecule has 0 amide bonds. The predicted molar refractivity (Wildman–Crippen MR) is 211 cm³/mol. The van der Waals surface area contributed by atoms with Gasteiger partial charge in [0.1, 0.15) is 28.8 Å². The molecule has 4 heterocycles. The quantitative estimate of drug-likeness (QED) is 0.126. The number of benzene rings is 1. The summed E-state index contributed by atoms with van der Waals surface area (Å²) in [5.41, 5.74) is -0.978. The van der Waals surface area contributed by atoms with E-state index in [4.69, 9.17) is 40.0 Å². The molecule has 5 N–H and O–H groups in total. The summed E-state index contributed by atoms with van der Waals surface area (Å²) in [5, 5.41) is 54.7. The third kappa shape index (κ3) is 7.98. The molecule has 15 heteroatoms. The molecule has 17 atom stereocenters. The fourth-order valence-electron chi connectivity index (χ4n) is 10.3. The Morgan fingerprint density at radius 3 is 2.33 bits per heavy atom. The van der Waals surface area contributed by atoms with Crippen LogP contribution in [0.2, 0.25) is 5.02 Å². The Kier molecular flexibility index (Phi) is 13.9. The fourth-order valence-corrected chi connectivity index (χ4v) is 10.7. The van der Waals surface area contributed by atoms with Crippen LogP contribution in [0.3, 0.4) is 0 Å². The van der Waals surface area contributed by atoms with E-state index in [-0.39, 0.29) is 59.0 Å². The Balaban J connectivity index is 1.35. The zero-order valence-electron chi connectivity index (χ0n) is 35.4. The zero-order valence-corrected chi connectivity index (χ0v) is 36.2. The van der Waals surface area contributed by atoms with Crippen molar-refractivity contribution in [2.45, 2.75) is 154 Å². The van der Waals surface area contributed by atoms with Gasteiger partial charge in [-0.05, 0) is 80.7 Å². The van der Waals surface area contributed by atoms with Gasteiger partial charge in [0, 0.05) is 42.2 Å². The van der Waals surface area contributed by atoms with Gasteiger partial charge in [0.15, 0.2) is 11.9 Å². The number of carbonyl (C=O) groups is 3. The van der Waals surface area contributed by atoms with E-state index in [2.05, 4.69) is 0 Å². The number of methoxy groups -OCH3 is 1. The molecule has 5 rings (SSSR count). The molecule has 3 saturated heterocycles. The van der Waals surface area contributed by atoms with Crippen molar-refractivity contribution in [3.05, 3.63) is 39.9 Å². The summed E-state index contributed by atoms with van der Waals surface area (Å²) in [6.45, 7) is 17.9. The van der Waals surface area contributed by atoms with Gasteiger partial charge in [0.25, 0.3) is 0 Å². The van der Waals surface area contributed by atoms with E-state index in [0.717, 1.165) is 0 Å². The molecule has 0 unspecified atom stereocenters. The smallest absolute Gasteiger partial charge is 0.339 e. The van der Waals surface area contributed by atoms with Crippen LogP contribution in [0.15, 0.2) is 18.2 Å². The van der Waals surface area contributed by atoms with Gasteiger partial charge >= 0.3 is 11.9 Å². The molecule has 0 aromatic heterocycles. The summed E-state index contributed by atoms with van der Waals surface area (Å²) in [6, 6.07) is 1.52. The zero-order chi connectivity index (χ0) is 43.4. The first kappa shape index (κ1) is 46.4. The van der Waals surface area contributed by atoms with Crippen LogP contribution in [0, 0.1) is 42.4 Å². The molecule has 4 aliphatic rings. The minimum absolute atomic E-state index is 0.0417. The lowest BCUT2D eigenvalue weighted by molar-refractivity contribution is -0.414. The number of carbonyl (C=O) groups excluding carboxylic acids is 2. The number of Topliss-reactive ketones (excluding diaryl/α,β-unsaturated/α-hetero) is 1. The van der Waals surface area contributed by atoms with E-state index in [1.165, 1.54) is 13.2 Å². The van der Waals surface area contributed by atoms with E-state index >= 15 is 0 Å². The summed E-state index contributed by atoms with van der Waals surface area (Å²) >= 11 is 6.50. The second-order valence-corrected chi connectivity index (χ2v) is 18.0. The number of aliphatic hydroxyl groups excluding tert-OH is 3. The molecule has 326 valence electrons. The van der Waals surface area contributed by atoms with Crippen molar-refractivity contribution < 1.29 is 68.3 Å². The Labute approximate surface area is 346 Å². The van der Waals surface area contributed by atoms with Crippen LogP contribution in [-0.4, -0.2) is 117 Å². The largest absolute Gasteiger partial charge is 0.507 e. The van der Waals surface area contributed by atoms with Crippen molar-refractivity contribution >= 4 is 29.3 Å².